The Bertz CT molecular complexity index is 1160. The van der Waals surface area contributed by atoms with Gasteiger partial charge in [-0.05, 0) is 55.2 Å². The van der Waals surface area contributed by atoms with Crippen molar-refractivity contribution in [1.82, 2.24) is 4.57 Å². The van der Waals surface area contributed by atoms with Gasteiger partial charge in [-0.1, -0.05) is 6.07 Å². The fraction of sp³-hybridized carbons (Fsp3) is 0.375. The van der Waals surface area contributed by atoms with Gasteiger partial charge in [0.15, 0.2) is 5.79 Å². The fourth-order valence-corrected chi connectivity index (χ4v) is 4.87. The van der Waals surface area contributed by atoms with Crippen LogP contribution in [0.4, 0.5) is 10.1 Å². The van der Waals surface area contributed by atoms with E-state index in [1.165, 1.54) is 6.07 Å². The molecule has 1 aliphatic carbocycles. The van der Waals surface area contributed by atoms with Gasteiger partial charge in [-0.15, -0.1) is 0 Å². The van der Waals surface area contributed by atoms with E-state index in [9.17, 15) is 9.65 Å². The van der Waals surface area contributed by atoms with Crippen LogP contribution in [0.1, 0.15) is 42.9 Å². The minimum absolute atomic E-state index is 0.121. The van der Waals surface area contributed by atoms with Gasteiger partial charge in [0, 0.05) is 41.5 Å². The maximum Gasteiger partial charge on any atom is 0.168 e. The topological polar surface area (TPSA) is 73.2 Å². The zero-order chi connectivity index (χ0) is 20.9. The molecule has 1 aliphatic heterocycles. The summed E-state index contributed by atoms with van der Waals surface area (Å²) in [6.07, 6.45) is 5.76. The van der Waals surface area contributed by atoms with E-state index in [0.29, 0.717) is 24.8 Å². The van der Waals surface area contributed by atoms with Crippen molar-refractivity contribution in [2.24, 2.45) is 0 Å². The molecule has 2 aliphatic rings. The molecule has 0 unspecified atom stereocenters. The van der Waals surface area contributed by atoms with E-state index in [0.717, 1.165) is 53.3 Å². The molecule has 2 heterocycles. The third kappa shape index (κ3) is 3.06. The lowest BCUT2D eigenvalue weighted by Gasteiger charge is -2.36. The van der Waals surface area contributed by atoms with Crippen molar-refractivity contribution < 1.29 is 13.9 Å². The second-order valence-corrected chi connectivity index (χ2v) is 8.32. The maximum atomic E-state index is 13.7. The van der Waals surface area contributed by atoms with E-state index in [2.05, 4.69) is 22.9 Å². The first kappa shape index (κ1) is 19.1. The van der Waals surface area contributed by atoms with E-state index in [-0.39, 0.29) is 5.69 Å². The van der Waals surface area contributed by atoms with Gasteiger partial charge in [-0.2, -0.15) is 5.26 Å². The van der Waals surface area contributed by atoms with Crippen LogP contribution in [0.15, 0.2) is 36.5 Å². The van der Waals surface area contributed by atoms with Gasteiger partial charge in [-0.25, -0.2) is 4.39 Å². The van der Waals surface area contributed by atoms with Crippen molar-refractivity contribution in [2.75, 3.05) is 18.9 Å². The number of anilines is 1. The number of halogens is 1. The summed E-state index contributed by atoms with van der Waals surface area (Å²) in [5, 5.41) is 10.5. The van der Waals surface area contributed by atoms with Crippen LogP contribution in [0.3, 0.4) is 0 Å². The van der Waals surface area contributed by atoms with Crippen molar-refractivity contribution in [3.63, 3.8) is 0 Å². The summed E-state index contributed by atoms with van der Waals surface area (Å²) in [6, 6.07) is 11.4. The number of nitriles is 1. The lowest BCUT2D eigenvalue weighted by atomic mass is 9.89. The normalized spacial score (nSPS) is 18.8. The molecule has 2 N–H and O–H groups in total. The molecule has 1 spiro atoms. The Kier molecular flexibility index (Phi) is 4.53. The first-order valence-corrected chi connectivity index (χ1v) is 10.4. The number of nitrogens with zero attached hydrogens (tertiary/aromatic N) is 2. The predicted molar refractivity (Wildman–Crippen MR) is 113 cm³/mol. The molecule has 0 amide bonds. The summed E-state index contributed by atoms with van der Waals surface area (Å²) in [7, 11) is 0. The van der Waals surface area contributed by atoms with Crippen LogP contribution >= 0.6 is 0 Å². The first-order valence-electron chi connectivity index (χ1n) is 10.4. The third-order valence-electron chi connectivity index (χ3n) is 6.53. The van der Waals surface area contributed by atoms with Crippen LogP contribution in [0.2, 0.25) is 0 Å². The molecule has 154 valence electrons. The van der Waals surface area contributed by atoms with Crippen LogP contribution < -0.4 is 5.73 Å². The van der Waals surface area contributed by atoms with Crippen LogP contribution in [-0.2, 0) is 9.47 Å². The smallest absolute Gasteiger partial charge is 0.168 e. The summed E-state index contributed by atoms with van der Waals surface area (Å²) < 4.78 is 27.8. The van der Waals surface area contributed by atoms with Crippen molar-refractivity contribution in [2.45, 2.75) is 44.4 Å². The SMILES string of the molecule is Cc1cc2c(cc1C#N)c(-c1ccc(F)c(N)c1)cn2C1CCC2(CC1)OCCO2. The number of nitrogens with two attached hydrogens (primary N) is 1. The van der Waals surface area contributed by atoms with Crippen LogP contribution in [0.5, 0.6) is 0 Å². The molecule has 2 fully saturated rings. The summed E-state index contributed by atoms with van der Waals surface area (Å²) in [5.74, 6) is -0.831. The molecular formula is C24H24FN3O2. The molecule has 5 nitrogen and oxygen atoms in total. The van der Waals surface area contributed by atoms with Crippen LogP contribution in [-0.4, -0.2) is 23.6 Å². The van der Waals surface area contributed by atoms with E-state index < -0.39 is 11.6 Å². The van der Waals surface area contributed by atoms with Crippen LogP contribution in [0.25, 0.3) is 22.0 Å². The fourth-order valence-electron chi connectivity index (χ4n) is 4.87. The number of hydrogen-bond acceptors (Lipinski definition) is 4. The van der Waals surface area contributed by atoms with E-state index in [1.54, 1.807) is 12.1 Å². The summed E-state index contributed by atoms with van der Waals surface area (Å²) >= 11 is 0. The van der Waals surface area contributed by atoms with Gasteiger partial charge in [0.1, 0.15) is 5.82 Å². The zero-order valence-electron chi connectivity index (χ0n) is 17.0. The van der Waals surface area contributed by atoms with E-state index in [1.807, 2.05) is 13.0 Å². The van der Waals surface area contributed by atoms with Gasteiger partial charge < -0.3 is 19.8 Å². The average Bonchev–Trinajstić information content (AvgIpc) is 3.35. The number of nitrogen functional groups attached to an aromatic ring is 1. The Hall–Kier alpha value is -2.88. The van der Waals surface area contributed by atoms with E-state index >= 15 is 0 Å². The van der Waals surface area contributed by atoms with Gasteiger partial charge in [-0.3, -0.25) is 0 Å². The van der Waals surface area contributed by atoms with Gasteiger partial charge in [0.25, 0.3) is 0 Å². The lowest BCUT2D eigenvalue weighted by molar-refractivity contribution is -0.181. The Morgan fingerprint density at radius 1 is 1.17 bits per heavy atom. The van der Waals surface area contributed by atoms with E-state index in [4.69, 9.17) is 15.2 Å². The Morgan fingerprint density at radius 3 is 2.57 bits per heavy atom. The summed E-state index contributed by atoms with van der Waals surface area (Å²) in [4.78, 5) is 0. The molecule has 1 saturated heterocycles. The molecule has 30 heavy (non-hydrogen) atoms. The zero-order valence-corrected chi connectivity index (χ0v) is 17.0. The molecule has 0 radical (unpaired) electrons. The highest BCUT2D eigenvalue weighted by Crippen LogP contribution is 2.43. The highest BCUT2D eigenvalue weighted by Gasteiger charge is 2.41. The Balaban J connectivity index is 1.61. The summed E-state index contributed by atoms with van der Waals surface area (Å²) in [5.41, 5.74) is 10.4. The molecule has 1 saturated carbocycles. The number of fused-ring (bicyclic) bond motifs is 1. The van der Waals surface area contributed by atoms with Gasteiger partial charge in [0.05, 0.1) is 30.5 Å². The average molecular weight is 405 g/mol. The molecule has 0 bridgehead atoms. The largest absolute Gasteiger partial charge is 0.396 e. The molecule has 6 heteroatoms. The number of hydrogen-bond donors (Lipinski definition) is 1. The summed E-state index contributed by atoms with van der Waals surface area (Å²) in [6.45, 7) is 3.30. The molecule has 5 rings (SSSR count). The Labute approximate surface area is 174 Å². The number of rotatable bonds is 2. The standard InChI is InChI=1S/C24H24FN3O2/c1-15-10-23-19(11-17(15)13-26)20(16-2-3-21(25)22(27)12-16)14-28(23)18-4-6-24(7-5-18)29-8-9-30-24/h2-3,10-12,14,18H,4-9,27H2,1H3. The monoisotopic (exact) mass is 405 g/mol. The maximum absolute atomic E-state index is 13.7. The Morgan fingerprint density at radius 2 is 1.90 bits per heavy atom. The number of aromatic nitrogens is 1. The predicted octanol–water partition coefficient (Wildman–Crippen LogP) is 5.07. The first-order chi connectivity index (χ1) is 14.5. The molecule has 2 aromatic carbocycles. The number of aryl methyl sites for hydroxylation is 1. The minimum atomic E-state index is -0.426. The lowest BCUT2D eigenvalue weighted by Crippen LogP contribution is -2.35. The highest BCUT2D eigenvalue weighted by molar-refractivity contribution is 5.98. The van der Waals surface area contributed by atoms with Crippen molar-refractivity contribution in [3.05, 3.63) is 53.5 Å². The van der Waals surface area contributed by atoms with Gasteiger partial charge >= 0.3 is 0 Å². The van der Waals surface area contributed by atoms with Crippen LogP contribution in [0, 0.1) is 24.1 Å². The molecule has 1 aromatic heterocycles. The quantitative estimate of drug-likeness (QED) is 0.604. The van der Waals surface area contributed by atoms with Crippen molar-refractivity contribution in [3.8, 4) is 17.2 Å². The molecule has 3 aromatic rings. The number of ether oxygens (including phenoxy) is 2. The van der Waals surface area contributed by atoms with Gasteiger partial charge in [0.2, 0.25) is 0 Å². The minimum Gasteiger partial charge on any atom is -0.396 e. The second-order valence-electron chi connectivity index (χ2n) is 8.32. The highest BCUT2D eigenvalue weighted by atomic mass is 19.1. The van der Waals surface area contributed by atoms with Crippen molar-refractivity contribution >= 4 is 16.6 Å². The molecular weight excluding hydrogens is 381 g/mol. The van der Waals surface area contributed by atoms with Crippen molar-refractivity contribution in [1.29, 1.82) is 5.26 Å². The number of benzene rings is 2. The third-order valence-corrected chi connectivity index (χ3v) is 6.53. The second kappa shape index (κ2) is 7.12. The molecule has 0 atom stereocenters.